The lowest BCUT2D eigenvalue weighted by Gasteiger charge is -2.22. The van der Waals surface area contributed by atoms with E-state index >= 15 is 0 Å². The van der Waals surface area contributed by atoms with Crippen molar-refractivity contribution < 1.29 is 0 Å². The lowest BCUT2D eigenvalue weighted by Crippen LogP contribution is -2.24. The maximum atomic E-state index is 6.15. The molecular weight excluding hydrogens is 214 g/mol. The van der Waals surface area contributed by atoms with Crippen LogP contribution in [0.5, 0.6) is 0 Å². The smallest absolute Gasteiger partial charge is 0.0130 e. The Kier molecular flexibility index (Phi) is 8.40. The summed E-state index contributed by atoms with van der Waals surface area (Å²) in [6.07, 6.45) is 13.9. The van der Waals surface area contributed by atoms with Crippen LogP contribution >= 0.6 is 11.8 Å². The molecule has 2 N–H and O–H groups in total. The zero-order valence-electron chi connectivity index (χ0n) is 10.9. The van der Waals surface area contributed by atoms with Crippen molar-refractivity contribution in [3.05, 3.63) is 0 Å². The van der Waals surface area contributed by atoms with Crippen molar-refractivity contribution in [2.24, 2.45) is 5.73 Å². The van der Waals surface area contributed by atoms with Gasteiger partial charge in [-0.1, -0.05) is 51.9 Å². The van der Waals surface area contributed by atoms with E-state index in [1.165, 1.54) is 70.0 Å². The molecule has 0 bridgehead atoms. The summed E-state index contributed by atoms with van der Waals surface area (Å²) in [5, 5.41) is 0.926. The zero-order valence-corrected chi connectivity index (χ0v) is 11.7. The third kappa shape index (κ3) is 6.80. The summed E-state index contributed by atoms with van der Waals surface area (Å²) in [4.78, 5) is 0. The van der Waals surface area contributed by atoms with Crippen LogP contribution in [0.3, 0.4) is 0 Å². The summed E-state index contributed by atoms with van der Waals surface area (Å²) in [5.74, 6) is 1.19. The number of rotatable bonds is 8. The van der Waals surface area contributed by atoms with Gasteiger partial charge in [0.25, 0.3) is 0 Å². The molecule has 1 saturated carbocycles. The van der Waals surface area contributed by atoms with Crippen molar-refractivity contribution in [3.8, 4) is 0 Å². The quantitative estimate of drug-likeness (QED) is 0.641. The molecule has 0 saturated heterocycles. The Morgan fingerprint density at radius 2 is 1.88 bits per heavy atom. The maximum absolute atomic E-state index is 6.15. The molecule has 0 aromatic heterocycles. The highest BCUT2D eigenvalue weighted by atomic mass is 32.2. The van der Waals surface area contributed by atoms with Crippen LogP contribution in [0.1, 0.15) is 71.1 Å². The van der Waals surface area contributed by atoms with E-state index in [0.717, 1.165) is 5.25 Å². The Bertz CT molecular complexity index is 155. The minimum Gasteiger partial charge on any atom is -0.327 e. The first-order chi connectivity index (χ1) is 7.83. The molecule has 0 amide bonds. The monoisotopic (exact) mass is 243 g/mol. The van der Waals surface area contributed by atoms with Crippen LogP contribution < -0.4 is 5.73 Å². The molecule has 1 fully saturated rings. The molecule has 96 valence electrons. The largest absolute Gasteiger partial charge is 0.327 e. The predicted molar refractivity (Wildman–Crippen MR) is 76.1 cm³/mol. The molecule has 1 aliphatic rings. The van der Waals surface area contributed by atoms with E-state index in [9.17, 15) is 0 Å². The van der Waals surface area contributed by atoms with E-state index in [0.29, 0.717) is 6.04 Å². The van der Waals surface area contributed by atoms with E-state index < -0.39 is 0 Å². The molecule has 2 heteroatoms. The van der Waals surface area contributed by atoms with Gasteiger partial charge in [-0.3, -0.25) is 0 Å². The number of unbranched alkanes of at least 4 members (excludes halogenated alkanes) is 3. The summed E-state index contributed by atoms with van der Waals surface area (Å²) < 4.78 is 0. The lowest BCUT2D eigenvalue weighted by atomic mass is 10.0. The number of hydrogen-bond acceptors (Lipinski definition) is 2. The normalized spacial score (nSPS) is 19.9. The second kappa shape index (κ2) is 9.35. The van der Waals surface area contributed by atoms with Gasteiger partial charge in [0.1, 0.15) is 0 Å². The van der Waals surface area contributed by atoms with Crippen LogP contribution in [-0.2, 0) is 0 Å². The fourth-order valence-corrected chi connectivity index (χ4v) is 3.76. The van der Waals surface area contributed by atoms with Gasteiger partial charge in [0, 0.05) is 17.0 Å². The topological polar surface area (TPSA) is 26.0 Å². The first kappa shape index (κ1) is 14.4. The molecule has 1 rings (SSSR count). The van der Waals surface area contributed by atoms with Crippen molar-refractivity contribution in [1.29, 1.82) is 0 Å². The summed E-state index contributed by atoms with van der Waals surface area (Å²) in [5.41, 5.74) is 6.15. The number of thioether (sulfide) groups is 1. The second-order valence-electron chi connectivity index (χ2n) is 5.20. The minimum atomic E-state index is 0.448. The standard InChI is InChI=1S/C14H29NS/c1-2-3-4-6-9-13(15)12-16-14-10-7-5-8-11-14/h13-14H,2-12,15H2,1H3. The van der Waals surface area contributed by atoms with Crippen LogP contribution in [0, 0.1) is 0 Å². The Morgan fingerprint density at radius 3 is 2.56 bits per heavy atom. The fourth-order valence-electron chi connectivity index (χ4n) is 2.41. The second-order valence-corrected chi connectivity index (χ2v) is 6.54. The van der Waals surface area contributed by atoms with E-state index in [1.54, 1.807) is 0 Å². The highest BCUT2D eigenvalue weighted by molar-refractivity contribution is 7.99. The van der Waals surface area contributed by atoms with E-state index in [2.05, 4.69) is 18.7 Å². The molecule has 16 heavy (non-hydrogen) atoms. The van der Waals surface area contributed by atoms with Gasteiger partial charge in [-0.05, 0) is 19.3 Å². The van der Waals surface area contributed by atoms with E-state index in [4.69, 9.17) is 5.73 Å². The molecule has 1 aliphatic carbocycles. The van der Waals surface area contributed by atoms with E-state index in [-0.39, 0.29) is 0 Å². The van der Waals surface area contributed by atoms with Crippen molar-refractivity contribution in [2.75, 3.05) is 5.75 Å². The molecule has 1 nitrogen and oxygen atoms in total. The van der Waals surface area contributed by atoms with Crippen LogP contribution in [-0.4, -0.2) is 17.0 Å². The Labute approximate surface area is 106 Å². The molecular formula is C14H29NS. The molecule has 0 aromatic carbocycles. The van der Waals surface area contributed by atoms with Crippen molar-refractivity contribution in [2.45, 2.75) is 82.4 Å². The molecule has 0 heterocycles. The van der Waals surface area contributed by atoms with Gasteiger partial charge in [-0.15, -0.1) is 0 Å². The highest BCUT2D eigenvalue weighted by Crippen LogP contribution is 2.28. The summed E-state index contributed by atoms with van der Waals surface area (Å²) in [7, 11) is 0. The summed E-state index contributed by atoms with van der Waals surface area (Å²) in [6, 6.07) is 0.448. The van der Waals surface area contributed by atoms with Crippen molar-refractivity contribution in [3.63, 3.8) is 0 Å². The van der Waals surface area contributed by atoms with Crippen molar-refractivity contribution >= 4 is 11.8 Å². The molecule has 1 atom stereocenters. The van der Waals surface area contributed by atoms with Gasteiger partial charge in [-0.2, -0.15) is 11.8 Å². The Balaban J connectivity index is 1.94. The maximum Gasteiger partial charge on any atom is 0.0130 e. The van der Waals surface area contributed by atoms with Gasteiger partial charge in [0.2, 0.25) is 0 Å². The number of hydrogen-bond donors (Lipinski definition) is 1. The third-order valence-electron chi connectivity index (χ3n) is 3.53. The average molecular weight is 243 g/mol. The molecule has 0 aromatic rings. The highest BCUT2D eigenvalue weighted by Gasteiger charge is 2.14. The predicted octanol–water partition coefficient (Wildman–Crippen LogP) is 4.35. The van der Waals surface area contributed by atoms with E-state index in [1.807, 2.05) is 0 Å². The SMILES string of the molecule is CCCCCCC(N)CSC1CCCCC1. The van der Waals surface area contributed by atoms with Crippen molar-refractivity contribution in [1.82, 2.24) is 0 Å². The van der Waals surface area contributed by atoms with Crippen LogP contribution in [0.4, 0.5) is 0 Å². The molecule has 0 spiro atoms. The minimum absolute atomic E-state index is 0.448. The molecule has 0 aliphatic heterocycles. The molecule has 1 unspecified atom stereocenters. The summed E-state index contributed by atoms with van der Waals surface area (Å²) in [6.45, 7) is 2.26. The fraction of sp³-hybridized carbons (Fsp3) is 1.00. The number of nitrogens with two attached hydrogens (primary N) is 1. The summed E-state index contributed by atoms with van der Waals surface area (Å²) >= 11 is 2.14. The lowest BCUT2D eigenvalue weighted by molar-refractivity contribution is 0.514. The van der Waals surface area contributed by atoms with Crippen LogP contribution in [0.15, 0.2) is 0 Å². The van der Waals surface area contributed by atoms with Gasteiger partial charge >= 0.3 is 0 Å². The first-order valence-electron chi connectivity index (χ1n) is 7.20. The first-order valence-corrected chi connectivity index (χ1v) is 8.25. The zero-order chi connectivity index (χ0) is 11.6. The van der Waals surface area contributed by atoms with Crippen LogP contribution in [0.25, 0.3) is 0 Å². The van der Waals surface area contributed by atoms with Gasteiger partial charge in [0.05, 0.1) is 0 Å². The Hall–Kier alpha value is 0.310. The Morgan fingerprint density at radius 1 is 1.12 bits per heavy atom. The third-order valence-corrected chi connectivity index (χ3v) is 5.09. The van der Waals surface area contributed by atoms with Crippen LogP contribution in [0.2, 0.25) is 0 Å². The molecule has 0 radical (unpaired) electrons. The van der Waals surface area contributed by atoms with Gasteiger partial charge in [0.15, 0.2) is 0 Å². The average Bonchev–Trinajstić information content (AvgIpc) is 2.33. The van der Waals surface area contributed by atoms with Gasteiger partial charge < -0.3 is 5.73 Å². The van der Waals surface area contributed by atoms with Gasteiger partial charge in [-0.25, -0.2) is 0 Å².